The first-order valence-electron chi connectivity index (χ1n) is 8.39. The minimum Gasteiger partial charge on any atom is -0.482 e. The predicted octanol–water partition coefficient (Wildman–Crippen LogP) is 4.81. The quantitative estimate of drug-likeness (QED) is 0.540. The van der Waals surface area contributed by atoms with E-state index in [0.717, 1.165) is 0 Å². The molecule has 0 aliphatic rings. The number of halogens is 2. The van der Waals surface area contributed by atoms with Gasteiger partial charge in [0, 0.05) is 16.4 Å². The maximum Gasteiger partial charge on any atom is 0.262 e. The fourth-order valence-corrected chi connectivity index (χ4v) is 3.89. The Morgan fingerprint density at radius 3 is 2.24 bits per heavy atom. The van der Waals surface area contributed by atoms with Crippen molar-refractivity contribution in [3.63, 3.8) is 0 Å². The Morgan fingerprint density at radius 2 is 1.59 bits per heavy atom. The number of carbonyl (C=O) groups excluding carboxylic acids is 1. The first-order valence-corrected chi connectivity index (χ1v) is 10.6. The topological polar surface area (TPSA) is 84.5 Å². The summed E-state index contributed by atoms with van der Waals surface area (Å²) < 4.78 is 32.7. The molecule has 3 aromatic carbocycles. The van der Waals surface area contributed by atoms with Crippen molar-refractivity contribution < 1.29 is 17.9 Å². The summed E-state index contributed by atoms with van der Waals surface area (Å²) in [6.45, 7) is -0.267. The highest BCUT2D eigenvalue weighted by Gasteiger charge is 2.14. The number of ether oxygens (including phenoxy) is 1. The third-order valence-electron chi connectivity index (χ3n) is 3.73. The van der Waals surface area contributed by atoms with E-state index in [9.17, 15) is 13.2 Å². The molecule has 0 bridgehead atoms. The molecule has 1 amide bonds. The summed E-state index contributed by atoms with van der Waals surface area (Å²) in [4.78, 5) is 12.1. The number of carbonyl (C=O) groups is 1. The lowest BCUT2D eigenvalue weighted by molar-refractivity contribution is -0.118. The van der Waals surface area contributed by atoms with Crippen LogP contribution in [-0.4, -0.2) is 20.9 Å². The van der Waals surface area contributed by atoms with E-state index < -0.39 is 15.9 Å². The van der Waals surface area contributed by atoms with Crippen LogP contribution in [-0.2, 0) is 14.8 Å². The van der Waals surface area contributed by atoms with Gasteiger partial charge in [-0.15, -0.1) is 0 Å². The highest BCUT2D eigenvalue weighted by atomic mass is 35.5. The summed E-state index contributed by atoms with van der Waals surface area (Å²) in [5, 5.41) is 3.38. The minimum absolute atomic E-state index is 0.0727. The van der Waals surface area contributed by atoms with Crippen molar-refractivity contribution in [2.75, 3.05) is 16.6 Å². The van der Waals surface area contributed by atoms with Crippen molar-refractivity contribution in [2.24, 2.45) is 0 Å². The van der Waals surface area contributed by atoms with Gasteiger partial charge in [-0.2, -0.15) is 0 Å². The Labute approximate surface area is 178 Å². The average Bonchev–Trinajstić information content (AvgIpc) is 2.68. The molecule has 0 fully saturated rings. The SMILES string of the molecule is O=C(COc1ccc(Cl)cc1Cl)Nc1ccc(S(=O)(=O)Nc2ccccc2)cc1. The Bertz CT molecular complexity index is 1110. The van der Waals surface area contributed by atoms with Crippen molar-refractivity contribution in [1.82, 2.24) is 0 Å². The summed E-state index contributed by atoms with van der Waals surface area (Å²) in [5.74, 6) is -0.0892. The van der Waals surface area contributed by atoms with Gasteiger partial charge in [-0.1, -0.05) is 41.4 Å². The van der Waals surface area contributed by atoms with E-state index >= 15 is 0 Å². The highest BCUT2D eigenvalue weighted by Crippen LogP contribution is 2.27. The third kappa shape index (κ3) is 5.87. The van der Waals surface area contributed by atoms with Crippen molar-refractivity contribution in [2.45, 2.75) is 4.90 Å². The Kier molecular flexibility index (Phi) is 6.64. The average molecular weight is 451 g/mol. The van der Waals surface area contributed by atoms with Crippen LogP contribution in [0.3, 0.4) is 0 Å². The van der Waals surface area contributed by atoms with Crippen LogP contribution in [0.1, 0.15) is 0 Å². The second-order valence-corrected chi connectivity index (χ2v) is 8.43. The summed E-state index contributed by atoms with van der Waals surface area (Å²) in [6, 6.07) is 19.0. The molecule has 9 heteroatoms. The Morgan fingerprint density at radius 1 is 0.897 bits per heavy atom. The predicted molar refractivity (Wildman–Crippen MR) is 114 cm³/mol. The molecular formula is C20H16Cl2N2O4S. The van der Waals surface area contributed by atoms with Crippen LogP contribution >= 0.6 is 23.2 Å². The fourth-order valence-electron chi connectivity index (χ4n) is 2.37. The number of rotatable bonds is 7. The van der Waals surface area contributed by atoms with E-state index in [1.807, 2.05) is 0 Å². The third-order valence-corrected chi connectivity index (χ3v) is 5.65. The van der Waals surface area contributed by atoms with Crippen molar-refractivity contribution >= 4 is 50.5 Å². The smallest absolute Gasteiger partial charge is 0.262 e. The first-order chi connectivity index (χ1) is 13.8. The van der Waals surface area contributed by atoms with E-state index in [1.54, 1.807) is 42.5 Å². The Hall–Kier alpha value is -2.74. The molecule has 3 aromatic rings. The number of nitrogens with one attached hydrogen (secondary N) is 2. The number of hydrogen-bond donors (Lipinski definition) is 2. The number of amides is 1. The van der Waals surface area contributed by atoms with Gasteiger partial charge in [0.2, 0.25) is 0 Å². The standard InChI is InChI=1S/C20H16Cl2N2O4S/c21-14-6-11-19(18(22)12-14)28-13-20(25)23-15-7-9-17(10-8-15)29(26,27)24-16-4-2-1-3-5-16/h1-12,24H,13H2,(H,23,25). The molecule has 0 aliphatic heterocycles. The second kappa shape index (κ2) is 9.17. The Balaban J connectivity index is 1.59. The minimum atomic E-state index is -3.73. The molecule has 0 atom stereocenters. The molecule has 0 saturated carbocycles. The first kappa shape index (κ1) is 21.0. The van der Waals surface area contributed by atoms with Crippen LogP contribution < -0.4 is 14.8 Å². The van der Waals surface area contributed by atoms with E-state index in [0.29, 0.717) is 27.2 Å². The molecule has 0 aromatic heterocycles. The maximum atomic E-state index is 12.4. The van der Waals surface area contributed by atoms with Gasteiger partial charge in [0.1, 0.15) is 5.75 Å². The summed E-state index contributed by atoms with van der Waals surface area (Å²) in [6.07, 6.45) is 0. The second-order valence-electron chi connectivity index (χ2n) is 5.91. The molecule has 3 rings (SSSR count). The van der Waals surface area contributed by atoms with Gasteiger partial charge in [0.15, 0.2) is 6.61 Å². The molecule has 0 heterocycles. The van der Waals surface area contributed by atoms with E-state index in [-0.39, 0.29) is 11.5 Å². The maximum absolute atomic E-state index is 12.4. The van der Waals surface area contributed by atoms with Crippen molar-refractivity contribution in [1.29, 1.82) is 0 Å². The summed E-state index contributed by atoms with van der Waals surface area (Å²) >= 11 is 11.8. The zero-order valence-electron chi connectivity index (χ0n) is 14.9. The van der Waals surface area contributed by atoms with Crippen LogP contribution in [0, 0.1) is 0 Å². The van der Waals surface area contributed by atoms with Gasteiger partial charge < -0.3 is 10.1 Å². The van der Waals surface area contributed by atoms with Crippen molar-refractivity contribution in [3.8, 4) is 5.75 Å². The molecule has 0 radical (unpaired) electrons. The lowest BCUT2D eigenvalue weighted by Crippen LogP contribution is -2.20. The number of para-hydroxylation sites is 1. The number of benzene rings is 3. The van der Waals surface area contributed by atoms with Crippen LogP contribution in [0.25, 0.3) is 0 Å². The molecule has 150 valence electrons. The van der Waals surface area contributed by atoms with Crippen LogP contribution in [0.2, 0.25) is 10.0 Å². The molecule has 2 N–H and O–H groups in total. The zero-order valence-corrected chi connectivity index (χ0v) is 17.3. The molecule has 0 spiro atoms. The summed E-state index contributed by atoms with van der Waals surface area (Å²) in [7, 11) is -3.73. The van der Waals surface area contributed by atoms with E-state index in [1.165, 1.54) is 30.3 Å². The van der Waals surface area contributed by atoms with E-state index in [4.69, 9.17) is 27.9 Å². The molecule has 29 heavy (non-hydrogen) atoms. The molecule has 0 saturated heterocycles. The van der Waals surface area contributed by atoms with Gasteiger partial charge >= 0.3 is 0 Å². The van der Waals surface area contributed by atoms with Gasteiger partial charge in [0.25, 0.3) is 15.9 Å². The lowest BCUT2D eigenvalue weighted by atomic mass is 10.3. The largest absolute Gasteiger partial charge is 0.482 e. The highest BCUT2D eigenvalue weighted by molar-refractivity contribution is 7.92. The summed E-state index contributed by atoms with van der Waals surface area (Å²) in [5.41, 5.74) is 0.891. The zero-order chi connectivity index (χ0) is 20.9. The van der Waals surface area contributed by atoms with Gasteiger partial charge in [-0.3, -0.25) is 9.52 Å². The van der Waals surface area contributed by atoms with Crippen LogP contribution in [0.4, 0.5) is 11.4 Å². The van der Waals surface area contributed by atoms with Gasteiger partial charge in [-0.25, -0.2) is 8.42 Å². The lowest BCUT2D eigenvalue weighted by Gasteiger charge is -2.10. The molecule has 6 nitrogen and oxygen atoms in total. The van der Waals surface area contributed by atoms with Gasteiger partial charge in [-0.05, 0) is 54.6 Å². The van der Waals surface area contributed by atoms with Crippen LogP contribution in [0.5, 0.6) is 5.75 Å². The fraction of sp³-hybridized carbons (Fsp3) is 0.0500. The number of hydrogen-bond acceptors (Lipinski definition) is 4. The van der Waals surface area contributed by atoms with Gasteiger partial charge in [0.05, 0.1) is 9.92 Å². The molecular weight excluding hydrogens is 435 g/mol. The monoisotopic (exact) mass is 450 g/mol. The normalized spacial score (nSPS) is 11.0. The number of sulfonamides is 1. The van der Waals surface area contributed by atoms with Crippen LogP contribution in [0.15, 0.2) is 77.7 Å². The molecule has 0 aliphatic carbocycles. The van der Waals surface area contributed by atoms with Crippen molar-refractivity contribution in [3.05, 3.63) is 82.8 Å². The molecule has 0 unspecified atom stereocenters. The number of anilines is 2. The van der Waals surface area contributed by atoms with E-state index in [2.05, 4.69) is 10.0 Å².